The van der Waals surface area contributed by atoms with Crippen molar-refractivity contribution in [1.82, 2.24) is 4.98 Å². The molecule has 1 heterocycles. The average Bonchev–Trinajstić information content (AvgIpc) is 2.43. The molecule has 0 unspecified atom stereocenters. The normalized spacial score (nSPS) is 11.5. The first-order valence-corrected chi connectivity index (χ1v) is 6.71. The van der Waals surface area contributed by atoms with Crippen LogP contribution in [0.3, 0.4) is 0 Å². The Morgan fingerprint density at radius 3 is 2.23 bits per heavy atom. The molecule has 0 aliphatic carbocycles. The summed E-state index contributed by atoms with van der Waals surface area (Å²) < 4.78 is 38.8. The summed E-state index contributed by atoms with van der Waals surface area (Å²) in [5.74, 6) is -1.73. The Labute approximate surface area is 137 Å². The Bertz CT molecular complexity index is 763. The molecule has 0 saturated carbocycles. The molecule has 0 aliphatic heterocycles. The highest BCUT2D eigenvalue weighted by Gasteiger charge is 2.37. The standard InChI is InChI=1S/C13H5Cl3F3NO2/c14-7-3-1-5(9(15)10(7)16)8-4-2-6(12(21)22)11(20-8)13(17,18)19/h1-4H,(H,21,22). The summed E-state index contributed by atoms with van der Waals surface area (Å²) in [7, 11) is 0. The van der Waals surface area contributed by atoms with Crippen molar-refractivity contribution < 1.29 is 23.1 Å². The van der Waals surface area contributed by atoms with E-state index in [0.717, 1.165) is 12.1 Å². The Balaban J connectivity index is 2.69. The van der Waals surface area contributed by atoms with E-state index in [9.17, 15) is 18.0 Å². The first kappa shape index (κ1) is 16.9. The van der Waals surface area contributed by atoms with E-state index in [1.807, 2.05) is 0 Å². The van der Waals surface area contributed by atoms with Crippen molar-refractivity contribution in [3.05, 3.63) is 50.6 Å². The molecular weight excluding hydrogens is 366 g/mol. The van der Waals surface area contributed by atoms with Gasteiger partial charge in [-0.1, -0.05) is 34.8 Å². The van der Waals surface area contributed by atoms with Crippen molar-refractivity contribution in [2.75, 3.05) is 0 Å². The highest BCUT2D eigenvalue weighted by atomic mass is 35.5. The van der Waals surface area contributed by atoms with Crippen molar-refractivity contribution in [2.24, 2.45) is 0 Å². The maximum atomic E-state index is 12.9. The second-order valence-corrected chi connectivity index (χ2v) is 5.28. The fourth-order valence-corrected chi connectivity index (χ4v) is 2.35. The number of nitrogens with zero attached hydrogens (tertiary/aromatic N) is 1. The number of halogens is 6. The molecule has 2 rings (SSSR count). The van der Waals surface area contributed by atoms with Crippen LogP contribution in [0.1, 0.15) is 16.1 Å². The molecule has 0 aliphatic rings. The maximum absolute atomic E-state index is 12.9. The molecule has 1 aromatic carbocycles. The predicted octanol–water partition coefficient (Wildman–Crippen LogP) is 5.43. The molecule has 0 bridgehead atoms. The van der Waals surface area contributed by atoms with Crippen molar-refractivity contribution >= 4 is 40.8 Å². The van der Waals surface area contributed by atoms with Crippen molar-refractivity contribution in [2.45, 2.75) is 6.18 Å². The van der Waals surface area contributed by atoms with E-state index in [1.54, 1.807) is 0 Å². The van der Waals surface area contributed by atoms with E-state index in [4.69, 9.17) is 39.9 Å². The quantitative estimate of drug-likeness (QED) is 0.718. The van der Waals surface area contributed by atoms with Gasteiger partial charge in [0.2, 0.25) is 0 Å². The summed E-state index contributed by atoms with van der Waals surface area (Å²) in [4.78, 5) is 14.3. The van der Waals surface area contributed by atoms with Crippen LogP contribution in [0.25, 0.3) is 11.3 Å². The van der Waals surface area contributed by atoms with E-state index in [-0.39, 0.29) is 26.3 Å². The Morgan fingerprint density at radius 1 is 1.05 bits per heavy atom. The van der Waals surface area contributed by atoms with Crippen LogP contribution in [-0.4, -0.2) is 16.1 Å². The highest BCUT2D eigenvalue weighted by Crippen LogP contribution is 2.39. The smallest absolute Gasteiger partial charge is 0.434 e. The summed E-state index contributed by atoms with van der Waals surface area (Å²) in [6, 6.07) is 4.63. The lowest BCUT2D eigenvalue weighted by Crippen LogP contribution is -2.15. The predicted molar refractivity (Wildman–Crippen MR) is 76.7 cm³/mol. The Hall–Kier alpha value is -1.50. The number of carboxylic acids is 1. The lowest BCUT2D eigenvalue weighted by atomic mass is 10.1. The SMILES string of the molecule is O=C(O)c1ccc(-c2ccc(Cl)c(Cl)c2Cl)nc1C(F)(F)F. The van der Waals surface area contributed by atoms with Crippen molar-refractivity contribution in [3.63, 3.8) is 0 Å². The van der Waals surface area contributed by atoms with Gasteiger partial charge in [0, 0.05) is 5.56 Å². The summed E-state index contributed by atoms with van der Waals surface area (Å²) in [5, 5.41) is 8.85. The number of hydrogen-bond acceptors (Lipinski definition) is 2. The lowest BCUT2D eigenvalue weighted by Gasteiger charge is -2.12. The van der Waals surface area contributed by atoms with Crippen LogP contribution in [0.4, 0.5) is 13.2 Å². The summed E-state index contributed by atoms with van der Waals surface area (Å²) in [5.41, 5.74) is -2.52. The molecule has 116 valence electrons. The molecule has 0 fully saturated rings. The van der Waals surface area contributed by atoms with Crippen molar-refractivity contribution in [3.8, 4) is 11.3 Å². The highest BCUT2D eigenvalue weighted by molar-refractivity contribution is 6.49. The summed E-state index contributed by atoms with van der Waals surface area (Å²) in [6.07, 6.45) is -4.92. The van der Waals surface area contributed by atoms with Crippen LogP contribution >= 0.6 is 34.8 Å². The molecule has 0 atom stereocenters. The van der Waals surface area contributed by atoms with Crippen LogP contribution in [0.2, 0.25) is 15.1 Å². The largest absolute Gasteiger partial charge is 0.478 e. The molecule has 9 heteroatoms. The van der Waals surface area contributed by atoms with Crippen LogP contribution in [0, 0.1) is 0 Å². The van der Waals surface area contributed by atoms with E-state index in [0.29, 0.717) is 0 Å². The zero-order valence-electron chi connectivity index (χ0n) is 10.4. The molecule has 1 N–H and O–H groups in total. The van der Waals surface area contributed by atoms with E-state index in [1.165, 1.54) is 12.1 Å². The van der Waals surface area contributed by atoms with Gasteiger partial charge in [-0.25, -0.2) is 9.78 Å². The van der Waals surface area contributed by atoms with Gasteiger partial charge in [-0.3, -0.25) is 0 Å². The fraction of sp³-hybridized carbons (Fsp3) is 0.0769. The third-order valence-electron chi connectivity index (χ3n) is 2.71. The van der Waals surface area contributed by atoms with Crippen LogP contribution < -0.4 is 0 Å². The minimum atomic E-state index is -4.92. The number of benzene rings is 1. The third-order valence-corrected chi connectivity index (χ3v) is 4.00. The summed E-state index contributed by atoms with van der Waals surface area (Å²) in [6.45, 7) is 0. The zero-order chi connectivity index (χ0) is 16.7. The molecule has 0 radical (unpaired) electrons. The minimum absolute atomic E-state index is 0.0292. The van der Waals surface area contributed by atoms with E-state index >= 15 is 0 Å². The first-order valence-electron chi connectivity index (χ1n) is 5.58. The number of carboxylic acid groups (broad SMARTS) is 1. The molecule has 3 nitrogen and oxygen atoms in total. The van der Waals surface area contributed by atoms with Gasteiger partial charge < -0.3 is 5.11 Å². The number of alkyl halides is 3. The van der Waals surface area contributed by atoms with Gasteiger partial charge in [0.15, 0.2) is 5.69 Å². The van der Waals surface area contributed by atoms with Gasteiger partial charge in [0.25, 0.3) is 0 Å². The third kappa shape index (κ3) is 3.14. The number of aromatic carboxylic acids is 1. The first-order chi connectivity index (χ1) is 10.1. The Morgan fingerprint density at radius 2 is 1.68 bits per heavy atom. The lowest BCUT2D eigenvalue weighted by molar-refractivity contribution is -0.141. The molecule has 0 spiro atoms. The number of hydrogen-bond donors (Lipinski definition) is 1. The van der Waals surface area contributed by atoms with E-state index in [2.05, 4.69) is 4.98 Å². The monoisotopic (exact) mass is 369 g/mol. The van der Waals surface area contributed by atoms with Crippen molar-refractivity contribution in [1.29, 1.82) is 0 Å². The van der Waals surface area contributed by atoms with Gasteiger partial charge >= 0.3 is 12.1 Å². The summed E-state index contributed by atoms with van der Waals surface area (Å²) >= 11 is 17.5. The average molecular weight is 371 g/mol. The van der Waals surface area contributed by atoms with Crippen LogP contribution in [0.5, 0.6) is 0 Å². The number of pyridine rings is 1. The minimum Gasteiger partial charge on any atom is -0.478 e. The molecule has 1 aromatic heterocycles. The topological polar surface area (TPSA) is 50.2 Å². The second-order valence-electron chi connectivity index (χ2n) is 4.12. The van der Waals surface area contributed by atoms with Gasteiger partial charge in [-0.2, -0.15) is 13.2 Å². The van der Waals surface area contributed by atoms with E-state index < -0.39 is 23.4 Å². The van der Waals surface area contributed by atoms with Gasteiger partial charge in [0.05, 0.1) is 26.3 Å². The Kier molecular flexibility index (Phi) is 4.56. The molecule has 0 amide bonds. The molecule has 22 heavy (non-hydrogen) atoms. The number of rotatable bonds is 2. The van der Waals surface area contributed by atoms with Crippen LogP contribution in [0.15, 0.2) is 24.3 Å². The van der Waals surface area contributed by atoms with Gasteiger partial charge in [-0.15, -0.1) is 0 Å². The van der Waals surface area contributed by atoms with Crippen LogP contribution in [-0.2, 0) is 6.18 Å². The molecule has 2 aromatic rings. The molecular formula is C13H5Cl3F3NO2. The number of aromatic nitrogens is 1. The fourth-order valence-electron chi connectivity index (χ4n) is 1.72. The molecule has 0 saturated heterocycles. The zero-order valence-corrected chi connectivity index (χ0v) is 12.6. The van der Waals surface area contributed by atoms with Gasteiger partial charge in [-0.05, 0) is 24.3 Å². The van der Waals surface area contributed by atoms with Gasteiger partial charge in [0.1, 0.15) is 0 Å². The second kappa shape index (κ2) is 5.95. The number of carbonyl (C=O) groups is 1. The maximum Gasteiger partial charge on any atom is 0.434 e.